The number of amides is 2. The minimum absolute atomic E-state index is 0.00431. The van der Waals surface area contributed by atoms with Gasteiger partial charge in [-0.05, 0) is 31.9 Å². The van der Waals surface area contributed by atoms with Gasteiger partial charge < -0.3 is 14.8 Å². The topological polar surface area (TPSA) is 67.9 Å². The summed E-state index contributed by atoms with van der Waals surface area (Å²) < 4.78 is 10.9. The molecule has 23 heavy (non-hydrogen) atoms. The molecular weight excluding hydrogens is 296 g/mol. The SMILES string of the molecule is CCOCCCNC(=O)CN1C(=O)[C@H](CC)Oc2ccccc21. The van der Waals surface area contributed by atoms with Crippen molar-refractivity contribution in [2.24, 2.45) is 0 Å². The van der Waals surface area contributed by atoms with Crippen molar-refractivity contribution < 1.29 is 19.1 Å². The van der Waals surface area contributed by atoms with Crippen molar-refractivity contribution in [2.45, 2.75) is 32.8 Å². The van der Waals surface area contributed by atoms with E-state index in [1.54, 1.807) is 6.07 Å². The lowest BCUT2D eigenvalue weighted by molar-refractivity contribution is -0.129. The Bertz CT molecular complexity index is 547. The van der Waals surface area contributed by atoms with Crippen LogP contribution in [0.4, 0.5) is 5.69 Å². The summed E-state index contributed by atoms with van der Waals surface area (Å²) in [6.45, 7) is 5.66. The van der Waals surface area contributed by atoms with Gasteiger partial charge in [0, 0.05) is 19.8 Å². The minimum Gasteiger partial charge on any atom is -0.478 e. The molecule has 1 N–H and O–H groups in total. The predicted octanol–water partition coefficient (Wildman–Crippen LogP) is 1.73. The maximum absolute atomic E-state index is 12.5. The van der Waals surface area contributed by atoms with Crippen LogP contribution in [-0.4, -0.2) is 44.2 Å². The maximum Gasteiger partial charge on any atom is 0.268 e. The molecule has 1 atom stereocenters. The monoisotopic (exact) mass is 320 g/mol. The summed E-state index contributed by atoms with van der Waals surface area (Å²) in [5.41, 5.74) is 0.645. The molecule has 2 rings (SSSR count). The van der Waals surface area contributed by atoms with E-state index in [0.29, 0.717) is 37.6 Å². The Morgan fingerprint density at radius 3 is 2.87 bits per heavy atom. The minimum atomic E-state index is -0.532. The third kappa shape index (κ3) is 4.45. The number of carbonyl (C=O) groups excluding carboxylic acids is 2. The van der Waals surface area contributed by atoms with Crippen molar-refractivity contribution in [1.29, 1.82) is 0 Å². The van der Waals surface area contributed by atoms with E-state index in [2.05, 4.69) is 5.32 Å². The zero-order valence-electron chi connectivity index (χ0n) is 13.7. The normalized spacial score (nSPS) is 16.7. The van der Waals surface area contributed by atoms with Crippen LogP contribution in [0.5, 0.6) is 5.75 Å². The van der Waals surface area contributed by atoms with E-state index in [9.17, 15) is 9.59 Å². The van der Waals surface area contributed by atoms with Gasteiger partial charge in [-0.1, -0.05) is 19.1 Å². The van der Waals surface area contributed by atoms with Crippen LogP contribution in [0, 0.1) is 0 Å². The number of fused-ring (bicyclic) bond motifs is 1. The molecule has 0 fully saturated rings. The first-order valence-electron chi connectivity index (χ1n) is 8.08. The third-order valence-corrected chi connectivity index (χ3v) is 3.63. The number of hydrogen-bond acceptors (Lipinski definition) is 4. The van der Waals surface area contributed by atoms with Gasteiger partial charge in [0.25, 0.3) is 5.91 Å². The highest BCUT2D eigenvalue weighted by atomic mass is 16.5. The Labute approximate surface area is 136 Å². The Hall–Kier alpha value is -2.08. The van der Waals surface area contributed by atoms with Crippen LogP contribution in [0.25, 0.3) is 0 Å². The zero-order chi connectivity index (χ0) is 16.7. The first kappa shape index (κ1) is 17.3. The fourth-order valence-corrected chi connectivity index (χ4v) is 2.44. The molecule has 6 heteroatoms. The van der Waals surface area contributed by atoms with E-state index >= 15 is 0 Å². The fraction of sp³-hybridized carbons (Fsp3) is 0.529. The van der Waals surface area contributed by atoms with E-state index in [-0.39, 0.29) is 18.4 Å². The number of carbonyl (C=O) groups is 2. The Morgan fingerprint density at radius 1 is 1.35 bits per heavy atom. The lowest BCUT2D eigenvalue weighted by Crippen LogP contribution is -2.49. The van der Waals surface area contributed by atoms with Gasteiger partial charge in [-0.3, -0.25) is 14.5 Å². The van der Waals surface area contributed by atoms with Gasteiger partial charge in [0.15, 0.2) is 6.10 Å². The number of nitrogens with zero attached hydrogens (tertiary/aromatic N) is 1. The standard InChI is InChI=1S/C17H24N2O4/c1-3-14-17(21)19(13-8-5-6-9-15(13)23-14)12-16(20)18-10-7-11-22-4-2/h5-6,8-9,14H,3-4,7,10-12H2,1-2H3,(H,18,20)/t14-/m0/s1. The Morgan fingerprint density at radius 2 is 2.13 bits per heavy atom. The van der Waals surface area contributed by atoms with Crippen LogP contribution < -0.4 is 15.0 Å². The van der Waals surface area contributed by atoms with E-state index in [0.717, 1.165) is 6.42 Å². The average Bonchev–Trinajstić information content (AvgIpc) is 2.57. The lowest BCUT2D eigenvalue weighted by atomic mass is 10.1. The molecule has 0 radical (unpaired) electrons. The van der Waals surface area contributed by atoms with Crippen molar-refractivity contribution in [3.8, 4) is 5.75 Å². The smallest absolute Gasteiger partial charge is 0.268 e. The highest BCUT2D eigenvalue weighted by molar-refractivity contribution is 6.03. The van der Waals surface area contributed by atoms with Crippen LogP contribution in [0.3, 0.4) is 0 Å². The van der Waals surface area contributed by atoms with Gasteiger partial charge >= 0.3 is 0 Å². The van der Waals surface area contributed by atoms with Gasteiger partial charge in [-0.25, -0.2) is 0 Å². The first-order chi connectivity index (χ1) is 11.2. The van der Waals surface area contributed by atoms with Crippen LogP contribution in [-0.2, 0) is 14.3 Å². The molecule has 6 nitrogen and oxygen atoms in total. The average molecular weight is 320 g/mol. The van der Waals surface area contributed by atoms with Crippen LogP contribution >= 0.6 is 0 Å². The molecule has 0 aromatic heterocycles. The summed E-state index contributed by atoms with van der Waals surface area (Å²) >= 11 is 0. The van der Waals surface area contributed by atoms with E-state index < -0.39 is 6.10 Å². The quantitative estimate of drug-likeness (QED) is 0.741. The number of rotatable bonds is 8. The molecule has 0 bridgehead atoms. The summed E-state index contributed by atoms with van der Waals surface area (Å²) in [6.07, 6.45) is 0.792. The number of anilines is 1. The molecule has 2 amide bonds. The molecule has 1 aromatic rings. The summed E-state index contributed by atoms with van der Waals surface area (Å²) in [6, 6.07) is 7.29. The number of nitrogens with one attached hydrogen (secondary N) is 1. The molecule has 1 heterocycles. The maximum atomic E-state index is 12.5. The van der Waals surface area contributed by atoms with E-state index in [4.69, 9.17) is 9.47 Å². The van der Waals surface area contributed by atoms with Gasteiger partial charge in [-0.15, -0.1) is 0 Å². The lowest BCUT2D eigenvalue weighted by Gasteiger charge is -2.33. The van der Waals surface area contributed by atoms with Gasteiger partial charge in [0.2, 0.25) is 5.91 Å². The molecule has 1 aliphatic heterocycles. The summed E-state index contributed by atoms with van der Waals surface area (Å²) in [4.78, 5) is 26.1. The molecular formula is C17H24N2O4. The second kappa shape index (κ2) is 8.53. The van der Waals surface area contributed by atoms with Crippen LogP contribution in [0.2, 0.25) is 0 Å². The van der Waals surface area contributed by atoms with Gasteiger partial charge in [0.05, 0.1) is 5.69 Å². The third-order valence-electron chi connectivity index (χ3n) is 3.63. The molecule has 0 saturated carbocycles. The summed E-state index contributed by atoms with van der Waals surface area (Å²) in [5, 5.41) is 2.82. The number of benzene rings is 1. The van der Waals surface area contributed by atoms with Crippen LogP contribution in [0.15, 0.2) is 24.3 Å². The summed E-state index contributed by atoms with van der Waals surface area (Å²) in [5.74, 6) is 0.292. The van der Waals surface area contributed by atoms with E-state index in [1.807, 2.05) is 32.0 Å². The molecule has 0 spiro atoms. The molecule has 1 aromatic carbocycles. The highest BCUT2D eigenvalue weighted by Gasteiger charge is 2.33. The van der Waals surface area contributed by atoms with Crippen molar-refractivity contribution in [3.63, 3.8) is 0 Å². The van der Waals surface area contributed by atoms with Gasteiger partial charge in [0.1, 0.15) is 12.3 Å². The summed E-state index contributed by atoms with van der Waals surface area (Å²) in [7, 11) is 0. The number of hydrogen-bond donors (Lipinski definition) is 1. The largest absolute Gasteiger partial charge is 0.478 e. The molecule has 126 valence electrons. The first-order valence-corrected chi connectivity index (χ1v) is 8.08. The second-order valence-electron chi connectivity index (χ2n) is 5.31. The molecule has 0 aliphatic carbocycles. The van der Waals surface area contributed by atoms with Crippen molar-refractivity contribution in [2.75, 3.05) is 31.2 Å². The number of ether oxygens (including phenoxy) is 2. The van der Waals surface area contributed by atoms with Crippen molar-refractivity contribution in [3.05, 3.63) is 24.3 Å². The van der Waals surface area contributed by atoms with E-state index in [1.165, 1.54) is 4.90 Å². The van der Waals surface area contributed by atoms with Crippen LogP contribution in [0.1, 0.15) is 26.7 Å². The Balaban J connectivity index is 1.97. The second-order valence-corrected chi connectivity index (χ2v) is 5.31. The van der Waals surface area contributed by atoms with Crippen molar-refractivity contribution >= 4 is 17.5 Å². The number of para-hydroxylation sites is 2. The van der Waals surface area contributed by atoms with Gasteiger partial charge in [-0.2, -0.15) is 0 Å². The Kier molecular flexibility index (Phi) is 6.40. The molecule has 1 aliphatic rings. The zero-order valence-corrected chi connectivity index (χ0v) is 13.7. The predicted molar refractivity (Wildman–Crippen MR) is 87.6 cm³/mol. The molecule has 0 unspecified atom stereocenters. The molecule has 0 saturated heterocycles. The fourth-order valence-electron chi connectivity index (χ4n) is 2.44. The highest BCUT2D eigenvalue weighted by Crippen LogP contribution is 2.34. The van der Waals surface area contributed by atoms with Crippen molar-refractivity contribution in [1.82, 2.24) is 5.32 Å².